The number of aromatic nitrogens is 2. The number of likely N-dealkylation sites (tertiary alicyclic amines) is 1. The van der Waals surface area contributed by atoms with Crippen molar-refractivity contribution in [2.24, 2.45) is 0 Å². The second-order valence-corrected chi connectivity index (χ2v) is 9.95. The monoisotopic (exact) mass is 430 g/mol. The largest absolute Gasteiger partial charge is 0.339 e. The van der Waals surface area contributed by atoms with Crippen molar-refractivity contribution in [2.75, 3.05) is 27.2 Å². The standard InChI is InChI=1S/C27H34N4O/c1-27(2,3)21-17-20(11-12-25(32)30(5)22-13-15-29(4)16-14-22)26-24(18-21)28-19-31(26)23-9-7-6-8-10-23/h6-12,17-19,22H,13-16H2,1-5H3/b12-11-. The number of hydrogen-bond acceptors (Lipinski definition) is 3. The van der Waals surface area contributed by atoms with Gasteiger partial charge < -0.3 is 9.80 Å². The van der Waals surface area contributed by atoms with Gasteiger partial charge in [0.2, 0.25) is 5.91 Å². The van der Waals surface area contributed by atoms with Crippen LogP contribution in [-0.4, -0.2) is 58.5 Å². The molecule has 0 bridgehead atoms. The first kappa shape index (κ1) is 22.3. The van der Waals surface area contributed by atoms with E-state index >= 15 is 0 Å². The molecule has 0 unspecified atom stereocenters. The molecule has 2 aromatic carbocycles. The van der Waals surface area contributed by atoms with Crippen LogP contribution in [0, 0.1) is 0 Å². The van der Waals surface area contributed by atoms with Crippen molar-refractivity contribution in [3.8, 4) is 5.69 Å². The summed E-state index contributed by atoms with van der Waals surface area (Å²) in [5.41, 5.74) is 5.23. The number of piperidine rings is 1. The molecule has 168 valence electrons. The molecule has 1 fully saturated rings. The maximum Gasteiger partial charge on any atom is 0.246 e. The summed E-state index contributed by atoms with van der Waals surface area (Å²) in [6.07, 6.45) is 7.61. The van der Waals surface area contributed by atoms with Crippen molar-refractivity contribution >= 4 is 23.0 Å². The third kappa shape index (κ3) is 4.63. The number of para-hydroxylation sites is 1. The van der Waals surface area contributed by atoms with Crippen LogP contribution in [0.15, 0.2) is 54.9 Å². The highest BCUT2D eigenvalue weighted by molar-refractivity contribution is 5.95. The van der Waals surface area contributed by atoms with Gasteiger partial charge in [-0.25, -0.2) is 4.98 Å². The third-order valence-electron chi connectivity index (χ3n) is 6.56. The number of carbonyl (C=O) groups is 1. The lowest BCUT2D eigenvalue weighted by molar-refractivity contribution is -0.127. The van der Waals surface area contributed by atoms with Crippen molar-refractivity contribution in [1.29, 1.82) is 0 Å². The lowest BCUT2D eigenvalue weighted by Crippen LogP contribution is -2.43. The van der Waals surface area contributed by atoms with Crippen LogP contribution in [0.4, 0.5) is 0 Å². The normalized spacial score (nSPS) is 16.2. The number of rotatable bonds is 4. The van der Waals surface area contributed by atoms with Gasteiger partial charge in [-0.1, -0.05) is 39.0 Å². The van der Waals surface area contributed by atoms with E-state index in [1.807, 2.05) is 42.6 Å². The van der Waals surface area contributed by atoms with E-state index in [9.17, 15) is 4.79 Å². The van der Waals surface area contributed by atoms with Gasteiger partial charge in [-0.3, -0.25) is 9.36 Å². The maximum atomic E-state index is 13.0. The molecule has 1 saturated heterocycles. The van der Waals surface area contributed by atoms with E-state index in [-0.39, 0.29) is 11.3 Å². The SMILES string of the molecule is CN1CCC(N(C)C(=O)/C=C\c2cc(C(C)(C)C)cc3ncn(-c4ccccc4)c23)CC1. The highest BCUT2D eigenvalue weighted by Gasteiger charge is 2.23. The first-order valence-electron chi connectivity index (χ1n) is 11.4. The average Bonchev–Trinajstić information content (AvgIpc) is 3.21. The van der Waals surface area contributed by atoms with Gasteiger partial charge >= 0.3 is 0 Å². The first-order chi connectivity index (χ1) is 15.2. The molecule has 1 aliphatic rings. The van der Waals surface area contributed by atoms with Gasteiger partial charge in [0, 0.05) is 30.4 Å². The fraction of sp³-hybridized carbons (Fsp3) is 0.407. The Morgan fingerprint density at radius 1 is 1.12 bits per heavy atom. The molecular formula is C27H34N4O. The van der Waals surface area contributed by atoms with E-state index in [0.29, 0.717) is 6.04 Å². The summed E-state index contributed by atoms with van der Waals surface area (Å²) < 4.78 is 2.10. The zero-order valence-corrected chi connectivity index (χ0v) is 19.9. The van der Waals surface area contributed by atoms with E-state index in [1.165, 1.54) is 5.56 Å². The molecule has 3 aromatic rings. The predicted molar refractivity (Wildman–Crippen MR) is 132 cm³/mol. The molecule has 0 spiro atoms. The van der Waals surface area contributed by atoms with Gasteiger partial charge in [0.1, 0.15) is 6.33 Å². The topological polar surface area (TPSA) is 41.4 Å². The molecule has 1 amide bonds. The van der Waals surface area contributed by atoms with Crippen LogP contribution in [0.5, 0.6) is 0 Å². The van der Waals surface area contributed by atoms with Crippen LogP contribution in [0.25, 0.3) is 22.8 Å². The minimum atomic E-state index is -0.0117. The van der Waals surface area contributed by atoms with Gasteiger partial charge in [0.25, 0.3) is 0 Å². The second kappa shape index (κ2) is 8.91. The van der Waals surface area contributed by atoms with E-state index in [1.54, 1.807) is 6.08 Å². The molecule has 0 saturated carbocycles. The number of fused-ring (bicyclic) bond motifs is 1. The van der Waals surface area contributed by atoms with Gasteiger partial charge in [-0.2, -0.15) is 0 Å². The predicted octanol–water partition coefficient (Wildman–Crippen LogP) is 4.89. The number of amides is 1. The summed E-state index contributed by atoms with van der Waals surface area (Å²) in [6, 6.07) is 14.9. The highest BCUT2D eigenvalue weighted by Crippen LogP contribution is 2.31. The van der Waals surface area contributed by atoms with Crippen LogP contribution in [-0.2, 0) is 10.2 Å². The Bertz CT molecular complexity index is 1120. The van der Waals surface area contributed by atoms with Crippen LogP contribution in [0.1, 0.15) is 44.7 Å². The smallest absolute Gasteiger partial charge is 0.246 e. The zero-order valence-electron chi connectivity index (χ0n) is 19.9. The lowest BCUT2D eigenvalue weighted by atomic mass is 9.85. The second-order valence-electron chi connectivity index (χ2n) is 9.95. The summed E-state index contributed by atoms with van der Waals surface area (Å²) in [4.78, 5) is 21.9. The molecule has 1 aliphatic heterocycles. The Morgan fingerprint density at radius 3 is 2.47 bits per heavy atom. The Labute approximate surface area is 191 Å². The Kier molecular flexibility index (Phi) is 6.20. The number of carbonyl (C=O) groups excluding carboxylic acids is 1. The molecule has 32 heavy (non-hydrogen) atoms. The van der Waals surface area contributed by atoms with Crippen molar-refractivity contribution < 1.29 is 4.79 Å². The van der Waals surface area contributed by atoms with Crippen molar-refractivity contribution in [1.82, 2.24) is 19.4 Å². The number of nitrogens with zero attached hydrogens (tertiary/aromatic N) is 4. The Hall–Kier alpha value is -2.92. The molecule has 0 radical (unpaired) electrons. The maximum absolute atomic E-state index is 13.0. The molecular weight excluding hydrogens is 396 g/mol. The summed E-state index contributed by atoms with van der Waals surface area (Å²) >= 11 is 0. The first-order valence-corrected chi connectivity index (χ1v) is 11.4. The van der Waals surface area contributed by atoms with Crippen LogP contribution in [0.2, 0.25) is 0 Å². The Balaban J connectivity index is 1.71. The van der Waals surface area contributed by atoms with Gasteiger partial charge in [0.15, 0.2) is 0 Å². The van der Waals surface area contributed by atoms with Crippen LogP contribution in [0.3, 0.4) is 0 Å². The number of likely N-dealkylation sites (N-methyl/N-ethyl adjacent to an activating group) is 1. The molecule has 1 aromatic heterocycles. The molecule has 5 nitrogen and oxygen atoms in total. The van der Waals surface area contributed by atoms with Gasteiger partial charge in [-0.05, 0) is 74.3 Å². The van der Waals surface area contributed by atoms with E-state index in [0.717, 1.165) is 48.2 Å². The zero-order chi connectivity index (χ0) is 22.9. The minimum Gasteiger partial charge on any atom is -0.339 e. The van der Waals surface area contributed by atoms with Gasteiger partial charge in [-0.15, -0.1) is 0 Å². The van der Waals surface area contributed by atoms with Crippen molar-refractivity contribution in [2.45, 2.75) is 45.1 Å². The molecule has 2 heterocycles. The van der Waals surface area contributed by atoms with Crippen molar-refractivity contribution in [3.05, 3.63) is 66.0 Å². The van der Waals surface area contributed by atoms with E-state index in [2.05, 4.69) is 61.6 Å². The summed E-state index contributed by atoms with van der Waals surface area (Å²) in [5.74, 6) is 0.0552. The molecule has 4 rings (SSSR count). The Morgan fingerprint density at radius 2 is 1.81 bits per heavy atom. The number of benzene rings is 2. The molecule has 0 N–H and O–H groups in total. The van der Waals surface area contributed by atoms with E-state index in [4.69, 9.17) is 4.98 Å². The van der Waals surface area contributed by atoms with Crippen LogP contribution < -0.4 is 0 Å². The molecule has 5 heteroatoms. The average molecular weight is 431 g/mol. The minimum absolute atomic E-state index is 0.0117. The fourth-order valence-electron chi connectivity index (χ4n) is 4.36. The quantitative estimate of drug-likeness (QED) is 0.554. The molecule has 0 atom stereocenters. The lowest BCUT2D eigenvalue weighted by Gasteiger charge is -2.34. The third-order valence-corrected chi connectivity index (χ3v) is 6.56. The molecule has 0 aliphatic carbocycles. The number of hydrogen-bond donors (Lipinski definition) is 0. The van der Waals surface area contributed by atoms with E-state index < -0.39 is 0 Å². The highest BCUT2D eigenvalue weighted by atomic mass is 16.2. The summed E-state index contributed by atoms with van der Waals surface area (Å²) in [6.45, 7) is 8.69. The summed E-state index contributed by atoms with van der Waals surface area (Å²) in [5, 5.41) is 0. The van der Waals surface area contributed by atoms with Crippen LogP contribution >= 0.6 is 0 Å². The number of imidazole rings is 1. The summed E-state index contributed by atoms with van der Waals surface area (Å²) in [7, 11) is 4.07. The van der Waals surface area contributed by atoms with Crippen molar-refractivity contribution in [3.63, 3.8) is 0 Å². The fourth-order valence-corrected chi connectivity index (χ4v) is 4.36. The van der Waals surface area contributed by atoms with Gasteiger partial charge in [0.05, 0.1) is 11.0 Å².